The lowest BCUT2D eigenvalue weighted by atomic mass is 9.85. The molecule has 2 N–H and O–H groups in total. The van der Waals surface area contributed by atoms with Crippen LogP contribution >= 0.6 is 15.6 Å². The number of phosphoric ester groups is 2. The van der Waals surface area contributed by atoms with Crippen LogP contribution in [0.1, 0.15) is 300 Å². The highest BCUT2D eigenvalue weighted by molar-refractivity contribution is 7.48. The third kappa shape index (κ3) is 22.7. The van der Waals surface area contributed by atoms with Crippen molar-refractivity contribution < 1.29 is 108 Å². The molecule has 146 heavy (non-hydrogen) atoms. The predicted molar refractivity (Wildman–Crippen MR) is 537 cm³/mol. The Morgan fingerprint density at radius 1 is 0.342 bits per heavy atom. The van der Waals surface area contributed by atoms with E-state index in [0.29, 0.717) is 227 Å². The van der Waals surface area contributed by atoms with E-state index in [2.05, 4.69) is 31.5 Å². The van der Waals surface area contributed by atoms with Crippen LogP contribution in [0.25, 0.3) is 19.4 Å². The van der Waals surface area contributed by atoms with Crippen molar-refractivity contribution in [3.63, 3.8) is 0 Å². The van der Waals surface area contributed by atoms with Crippen LogP contribution in [0.3, 0.4) is 0 Å². The Hall–Kier alpha value is -12.0. The number of rotatable bonds is 30. The highest BCUT2D eigenvalue weighted by Crippen LogP contribution is 2.64. The molecule has 37 heteroatoms. The maximum atomic E-state index is 16.0. The molecule has 6 aromatic rings. The highest BCUT2D eigenvalue weighted by atomic mass is 31.2. The SMILES string of the molecule is C.[C-]#[N+]c1ccc2c(c1)[C@@H](N1CCCC1=O)[C@H](OCCCCCCO)C(C)(C)O2.[C-]#[N+]c1ccc2c(c1)[C@@H](N1CCCC1=O)[C@H](OCCCCCCOP(=O)(O[C@H]1[C@H](N3CCCC3=O)c3cc(C#N)ccc3OC1(C)C)O[C@H]1[C@H](N3CCCC3=O)c3cc([N+]#[C-])ccc3OC1(C)C)C(C)(C)O2.[C-]#[N+]c1ccc2c(c1)[C@@H](N1CCCC1=O)[C@H](OP(=O)(O)O[C@H]1[C@H](N3CCCC3=O)c3cc(C#N)ccc3OC1(C)C)C(C)(C)O2. The number of aliphatic hydroxyl groups excluding tert-OH is 1. The number of hydrogen-bond acceptors (Lipinski definition) is 24. The lowest BCUT2D eigenvalue weighted by molar-refractivity contribution is -0.149. The van der Waals surface area contributed by atoms with Crippen LogP contribution in [0.2, 0.25) is 0 Å². The predicted octanol–water partition coefficient (Wildman–Crippen LogP) is 20.4. The lowest BCUT2D eigenvalue weighted by Gasteiger charge is -2.50. The molecule has 0 saturated carbocycles. The molecule has 6 aromatic carbocycles. The second-order valence-electron chi connectivity index (χ2n) is 42.1. The van der Waals surface area contributed by atoms with Gasteiger partial charge in [0.2, 0.25) is 35.4 Å². The molecule has 35 nitrogen and oxygen atoms in total. The fourth-order valence-electron chi connectivity index (χ4n) is 22.4. The van der Waals surface area contributed by atoms with E-state index in [1.165, 1.54) is 0 Å². The molecule has 6 amide bonds. The fourth-order valence-corrected chi connectivity index (χ4v) is 25.6. The Bertz CT molecular complexity index is 6080. The van der Waals surface area contributed by atoms with Gasteiger partial charge in [-0.05, 0) is 232 Å². The van der Waals surface area contributed by atoms with Crippen molar-refractivity contribution in [3.05, 3.63) is 199 Å². The van der Waals surface area contributed by atoms with Crippen LogP contribution in [0, 0.1) is 49.0 Å². The summed E-state index contributed by atoms with van der Waals surface area (Å²) in [7, 11) is -9.78. The van der Waals surface area contributed by atoms with E-state index >= 15 is 4.57 Å². The number of nitriles is 2. The van der Waals surface area contributed by atoms with Gasteiger partial charge in [0.15, 0.2) is 22.7 Å². The Labute approximate surface area is 854 Å². The van der Waals surface area contributed by atoms with Crippen molar-refractivity contribution >= 4 is 73.8 Å². The minimum Gasteiger partial charge on any atom is -0.485 e. The minimum atomic E-state index is -5.01. The van der Waals surface area contributed by atoms with Crippen molar-refractivity contribution in [2.24, 2.45) is 0 Å². The number of amides is 6. The topological polar surface area (TPSA) is 381 Å². The number of benzene rings is 6. The van der Waals surface area contributed by atoms with Gasteiger partial charge in [-0.25, -0.2) is 28.5 Å². The van der Waals surface area contributed by atoms with E-state index in [1.807, 2.05) is 49.6 Å². The maximum absolute atomic E-state index is 16.0. The van der Waals surface area contributed by atoms with E-state index in [1.54, 1.807) is 172 Å². The van der Waals surface area contributed by atoms with Gasteiger partial charge in [-0.1, -0.05) is 57.4 Å². The van der Waals surface area contributed by atoms with Gasteiger partial charge in [0.05, 0.1) is 92.4 Å². The summed E-state index contributed by atoms with van der Waals surface area (Å²) in [6.45, 7) is 56.2. The molecule has 6 fully saturated rings. The first-order chi connectivity index (χ1) is 69.1. The third-order valence-corrected chi connectivity index (χ3v) is 31.8. The smallest absolute Gasteiger partial charge is 0.475 e. The van der Waals surface area contributed by atoms with Gasteiger partial charge in [0, 0.05) is 131 Å². The summed E-state index contributed by atoms with van der Waals surface area (Å²) in [5.74, 6) is 2.84. The number of fused-ring (bicyclic) bond motifs is 6. The molecule has 0 aliphatic carbocycles. The van der Waals surface area contributed by atoms with Crippen LogP contribution in [-0.4, -0.2) is 211 Å². The Balaban J connectivity index is 0.000000183. The molecular weight excluding hydrogens is 1910 g/mol. The van der Waals surface area contributed by atoms with Crippen LogP contribution in [-0.2, 0) is 70.0 Å². The van der Waals surface area contributed by atoms with Gasteiger partial charge in [0.25, 0.3) is 0 Å². The maximum Gasteiger partial charge on any atom is 0.475 e. The summed E-state index contributed by atoms with van der Waals surface area (Å²) in [4.78, 5) is 116. The number of carbonyl (C=O) groups is 6. The molecule has 0 aromatic heterocycles. The van der Waals surface area contributed by atoms with Crippen LogP contribution in [0.15, 0.2) is 109 Å². The highest BCUT2D eigenvalue weighted by Gasteiger charge is 2.61. The second kappa shape index (κ2) is 44.2. The first-order valence-corrected chi connectivity index (χ1v) is 53.2. The van der Waals surface area contributed by atoms with E-state index in [9.17, 15) is 48.7 Å². The number of phosphoric acid groups is 2. The molecule has 2 unspecified atom stereocenters. The molecule has 0 bridgehead atoms. The summed E-state index contributed by atoms with van der Waals surface area (Å²) in [6.07, 6.45) is 6.97. The molecule has 0 radical (unpaired) electrons. The van der Waals surface area contributed by atoms with Gasteiger partial charge in [0.1, 0.15) is 105 Å². The van der Waals surface area contributed by atoms with Gasteiger partial charge >= 0.3 is 15.6 Å². The average molecular weight is 2040 g/mol. The molecule has 6 saturated heterocycles. The molecule has 14 atom stereocenters. The van der Waals surface area contributed by atoms with E-state index in [-0.39, 0.29) is 68.2 Å². The van der Waals surface area contributed by atoms with E-state index in [4.69, 9.17) is 91.9 Å². The standard InChI is InChI=1S/C54H63N6O11P.C32H35N4O8P.C22H30N2O4.CH4/c1-52(2)49(46(58-25-13-16-43(58)61)38-31-35(56-7)20-23-41(38)67-52)65-28-11-9-10-12-29-66-72(64,70-50-47(59-26-14-17-44(59)62)37-30-34(33-55)19-22-40(37)68-53(50,3)4)71-51-48(60-27-15-18-45(60)63)39-32-36(57-8)21-24-42(39)69-54(51,5)6;1-31(2)29(27(35-14-6-8-25(35)37)21-16-19(18-33)10-12-23(21)41-31)43-45(39,40)44-30-28(36-15-7-9-26(36)38)22-17-20(34-5)11-13-24(22)42-32(30,3)4;1-22(2)21(27-14-7-5-4-6-13-25)20(24-12-8-9-19(24)26)17-15-16(23-3)10-11-18(17)28-22;/h19-24,30-32,46-51H,9-18,25-29H2,1-6H3;10-13,16-17,27-30H,6-9,14-15H2,1-4H3,(H,39,40);10-11,15,20-21,25H,4-9,12-14H2,1-2H3;1H4/t46-,47-,48-,49+,50+,51+,72?;27-,28-,29+,30+;20-,21+;/m111./s1. The van der Waals surface area contributed by atoms with Crippen molar-refractivity contribution in [2.45, 2.75) is 325 Å². The van der Waals surface area contributed by atoms with Crippen molar-refractivity contribution in [2.75, 3.05) is 65.7 Å². The monoisotopic (exact) mass is 2040 g/mol. The van der Waals surface area contributed by atoms with Crippen molar-refractivity contribution in [3.8, 4) is 46.6 Å². The largest absolute Gasteiger partial charge is 0.485 e. The van der Waals surface area contributed by atoms with E-state index < -0.39 is 110 Å². The normalized spacial score (nSPS) is 26.1. The number of nitrogens with zero attached hydrogens (tertiary/aromatic N) is 12. The van der Waals surface area contributed by atoms with Gasteiger partial charge in [-0.15, -0.1) is 0 Å². The van der Waals surface area contributed by atoms with Gasteiger partial charge < -0.3 is 77.3 Å². The third-order valence-electron chi connectivity index (χ3n) is 29.3. The average Bonchev–Trinajstić information content (AvgIpc) is 1.13. The summed E-state index contributed by atoms with van der Waals surface area (Å²) in [6, 6.07) is 30.9. The zero-order chi connectivity index (χ0) is 104. The first kappa shape index (κ1) is 108. The molecule has 12 aliphatic heterocycles. The Morgan fingerprint density at radius 3 is 0.808 bits per heavy atom. The quantitative estimate of drug-likeness (QED) is 0.0240. The summed E-state index contributed by atoms with van der Waals surface area (Å²) < 4.78 is 114. The van der Waals surface area contributed by atoms with Crippen LogP contribution < -0.4 is 28.4 Å². The van der Waals surface area contributed by atoms with Crippen molar-refractivity contribution in [1.29, 1.82) is 10.5 Å². The zero-order valence-electron chi connectivity index (χ0n) is 84.3. The number of carbonyl (C=O) groups excluding carboxylic acids is 6. The molecular formula is C109H132N12O23P2. The fraction of sp³-hybridized carbons (Fsp3) is 0.560. The number of hydrogen-bond donors (Lipinski definition) is 2. The first-order valence-electron chi connectivity index (χ1n) is 50.3. The minimum absolute atomic E-state index is 0. The lowest BCUT2D eigenvalue weighted by Crippen LogP contribution is -2.56. The van der Waals surface area contributed by atoms with Crippen LogP contribution in [0.4, 0.5) is 22.7 Å². The molecule has 0 spiro atoms. The number of ether oxygens (including phenoxy) is 8. The number of unbranched alkanes of at least 4 members (excludes halogenated alkanes) is 6. The second-order valence-corrected chi connectivity index (χ2v) is 45.0. The van der Waals surface area contributed by atoms with Gasteiger partial charge in [-0.2, -0.15) is 10.5 Å². The molecule has 776 valence electrons. The summed E-state index contributed by atoms with van der Waals surface area (Å²) in [5.41, 5.74) is -0.183. The Kier molecular flexibility index (Phi) is 32.7. The van der Waals surface area contributed by atoms with Crippen molar-refractivity contribution in [1.82, 2.24) is 29.4 Å². The summed E-state index contributed by atoms with van der Waals surface area (Å²) >= 11 is 0. The Morgan fingerprint density at radius 2 is 0.568 bits per heavy atom. The number of aliphatic hydroxyl groups is 1. The summed E-state index contributed by atoms with van der Waals surface area (Å²) in [5, 5.41) is 28.5. The zero-order valence-corrected chi connectivity index (χ0v) is 86.1. The van der Waals surface area contributed by atoms with E-state index in [0.717, 1.165) is 55.4 Å². The molecule has 12 heterocycles. The number of likely N-dealkylation sites (tertiary alicyclic amines) is 6. The van der Waals surface area contributed by atoms with Gasteiger partial charge in [-0.3, -0.25) is 51.4 Å². The molecule has 12 aliphatic rings. The molecule has 18 rings (SSSR count). The van der Waals surface area contributed by atoms with Crippen LogP contribution in [0.5, 0.6) is 34.5 Å².